The van der Waals surface area contributed by atoms with E-state index in [-0.39, 0.29) is 10.7 Å². The molecule has 0 saturated heterocycles. The number of hydrogen-bond donors (Lipinski definition) is 1. The molecule has 132 valence electrons. The molecule has 2 aromatic carbocycles. The van der Waals surface area contributed by atoms with Crippen molar-refractivity contribution >= 4 is 29.5 Å². The Bertz CT molecular complexity index is 776. The van der Waals surface area contributed by atoms with E-state index in [2.05, 4.69) is 5.32 Å². The van der Waals surface area contributed by atoms with Gasteiger partial charge in [0.1, 0.15) is 12.0 Å². The molecule has 0 fully saturated rings. The highest BCUT2D eigenvalue weighted by molar-refractivity contribution is 6.33. The number of amides is 1. The number of alkyl halides is 3. The highest BCUT2D eigenvalue weighted by Crippen LogP contribution is 2.33. The second-order valence-electron chi connectivity index (χ2n) is 5.13. The fourth-order valence-corrected chi connectivity index (χ4v) is 2.08. The van der Waals surface area contributed by atoms with Gasteiger partial charge in [-0.3, -0.25) is 9.59 Å². The Balaban J connectivity index is 2.09. The molecule has 0 radical (unpaired) electrons. The van der Waals surface area contributed by atoms with Gasteiger partial charge < -0.3 is 10.1 Å². The van der Waals surface area contributed by atoms with E-state index >= 15 is 0 Å². The summed E-state index contributed by atoms with van der Waals surface area (Å²) in [6.07, 6.45) is -4.88. The first kappa shape index (κ1) is 18.8. The zero-order valence-corrected chi connectivity index (χ0v) is 13.7. The maximum Gasteiger partial charge on any atom is 0.416 e. The van der Waals surface area contributed by atoms with Crippen LogP contribution in [0.15, 0.2) is 42.5 Å². The topological polar surface area (TPSA) is 55.4 Å². The monoisotopic (exact) mass is 371 g/mol. The largest absolute Gasteiger partial charge is 0.481 e. The molecule has 25 heavy (non-hydrogen) atoms. The van der Waals surface area contributed by atoms with Crippen LogP contribution in [-0.2, 0) is 11.0 Å². The average molecular weight is 372 g/mol. The van der Waals surface area contributed by atoms with Gasteiger partial charge in [0.2, 0.25) is 0 Å². The number of aldehydes is 1. The van der Waals surface area contributed by atoms with E-state index < -0.39 is 23.8 Å². The van der Waals surface area contributed by atoms with Crippen LogP contribution in [0.25, 0.3) is 0 Å². The quantitative estimate of drug-likeness (QED) is 0.783. The van der Waals surface area contributed by atoms with E-state index in [9.17, 15) is 22.8 Å². The second kappa shape index (κ2) is 7.57. The van der Waals surface area contributed by atoms with Crippen molar-refractivity contribution in [2.24, 2.45) is 0 Å². The van der Waals surface area contributed by atoms with Gasteiger partial charge >= 0.3 is 6.18 Å². The molecule has 0 aliphatic rings. The third kappa shape index (κ3) is 4.96. The molecule has 0 aromatic heterocycles. The molecule has 0 bridgehead atoms. The first-order chi connectivity index (χ1) is 11.7. The Kier molecular flexibility index (Phi) is 5.69. The van der Waals surface area contributed by atoms with Gasteiger partial charge in [0.25, 0.3) is 5.91 Å². The maximum absolute atomic E-state index is 12.7. The molecule has 0 heterocycles. The van der Waals surface area contributed by atoms with Crippen molar-refractivity contribution in [3.63, 3.8) is 0 Å². The molecule has 1 amide bonds. The summed E-state index contributed by atoms with van der Waals surface area (Å²) in [6.45, 7) is 1.44. The Morgan fingerprint density at radius 2 is 1.84 bits per heavy atom. The number of carbonyl (C=O) groups is 2. The number of hydrogen-bond acceptors (Lipinski definition) is 3. The van der Waals surface area contributed by atoms with Crippen molar-refractivity contribution in [1.29, 1.82) is 0 Å². The SMILES string of the molecule is CC(Oc1ccc(C=O)cc1)C(=O)Nc1cc(C(F)(F)F)ccc1Cl. The number of carbonyl (C=O) groups excluding carboxylic acids is 2. The molecule has 1 atom stereocenters. The van der Waals surface area contributed by atoms with E-state index in [0.29, 0.717) is 17.6 Å². The van der Waals surface area contributed by atoms with Gasteiger partial charge in [0.05, 0.1) is 16.3 Å². The Labute approximate surface area is 146 Å². The minimum atomic E-state index is -4.55. The molecule has 8 heteroatoms. The normalized spacial score (nSPS) is 12.4. The van der Waals surface area contributed by atoms with Crippen LogP contribution in [-0.4, -0.2) is 18.3 Å². The summed E-state index contributed by atoms with van der Waals surface area (Å²) in [5.74, 6) is -0.330. The van der Waals surface area contributed by atoms with E-state index in [1.807, 2.05) is 0 Å². The third-order valence-corrected chi connectivity index (χ3v) is 3.58. The number of nitrogens with one attached hydrogen (secondary N) is 1. The number of ether oxygens (including phenoxy) is 1. The van der Waals surface area contributed by atoms with Gasteiger partial charge in [-0.2, -0.15) is 13.2 Å². The van der Waals surface area contributed by atoms with E-state index in [4.69, 9.17) is 16.3 Å². The van der Waals surface area contributed by atoms with Crippen molar-refractivity contribution in [3.05, 3.63) is 58.6 Å². The highest BCUT2D eigenvalue weighted by atomic mass is 35.5. The summed E-state index contributed by atoms with van der Waals surface area (Å²) in [7, 11) is 0. The predicted molar refractivity (Wildman–Crippen MR) is 87.0 cm³/mol. The smallest absolute Gasteiger partial charge is 0.416 e. The predicted octanol–water partition coefficient (Wildman–Crippen LogP) is 4.58. The van der Waals surface area contributed by atoms with Crippen LogP contribution in [0.2, 0.25) is 5.02 Å². The lowest BCUT2D eigenvalue weighted by atomic mass is 10.2. The second-order valence-corrected chi connectivity index (χ2v) is 5.54. The lowest BCUT2D eigenvalue weighted by molar-refractivity contribution is -0.137. The molecule has 2 rings (SSSR count). The van der Waals surface area contributed by atoms with Crippen LogP contribution in [0, 0.1) is 0 Å². The summed E-state index contributed by atoms with van der Waals surface area (Å²) < 4.78 is 43.6. The van der Waals surface area contributed by atoms with Crippen LogP contribution in [0.4, 0.5) is 18.9 Å². The minimum absolute atomic E-state index is 0.0242. The first-order valence-electron chi connectivity index (χ1n) is 7.10. The van der Waals surface area contributed by atoms with Crippen LogP contribution >= 0.6 is 11.6 Å². The standard InChI is InChI=1S/C17H13ClF3NO3/c1-10(25-13-5-2-11(9-23)3-6-13)16(24)22-15-8-12(17(19,20)21)4-7-14(15)18/h2-10H,1H3,(H,22,24). The zero-order chi connectivity index (χ0) is 18.6. The lowest BCUT2D eigenvalue weighted by Crippen LogP contribution is -2.30. The molecule has 1 N–H and O–H groups in total. The van der Waals surface area contributed by atoms with Crippen molar-refractivity contribution in [2.75, 3.05) is 5.32 Å². The molecule has 0 saturated carbocycles. The summed E-state index contributed by atoms with van der Waals surface area (Å²) in [6, 6.07) is 8.67. The first-order valence-corrected chi connectivity index (χ1v) is 7.48. The summed E-state index contributed by atoms with van der Waals surface area (Å²) in [5, 5.41) is 2.29. The van der Waals surface area contributed by atoms with E-state index in [1.165, 1.54) is 31.2 Å². The molecule has 0 aliphatic heterocycles. The van der Waals surface area contributed by atoms with Gasteiger partial charge in [-0.1, -0.05) is 11.6 Å². The molecule has 4 nitrogen and oxygen atoms in total. The lowest BCUT2D eigenvalue weighted by Gasteiger charge is -2.16. The fourth-order valence-electron chi connectivity index (χ4n) is 1.91. The van der Waals surface area contributed by atoms with Crippen LogP contribution in [0.5, 0.6) is 5.75 Å². The summed E-state index contributed by atoms with van der Waals surface area (Å²) in [5.41, 5.74) is -0.640. The van der Waals surface area contributed by atoms with E-state index in [1.54, 1.807) is 0 Å². The number of benzene rings is 2. The summed E-state index contributed by atoms with van der Waals surface area (Å²) in [4.78, 5) is 22.7. The molecule has 2 aromatic rings. The number of halogens is 4. The number of rotatable bonds is 5. The molecule has 0 spiro atoms. The third-order valence-electron chi connectivity index (χ3n) is 3.25. The maximum atomic E-state index is 12.7. The average Bonchev–Trinajstić information content (AvgIpc) is 2.56. The van der Waals surface area contributed by atoms with Gasteiger partial charge in [0, 0.05) is 5.56 Å². The fraction of sp³-hybridized carbons (Fsp3) is 0.176. The molecule has 1 unspecified atom stereocenters. The van der Waals surface area contributed by atoms with E-state index in [0.717, 1.165) is 18.2 Å². The van der Waals surface area contributed by atoms with Crippen molar-refractivity contribution in [1.82, 2.24) is 0 Å². The number of anilines is 1. The van der Waals surface area contributed by atoms with Gasteiger partial charge in [-0.05, 0) is 49.4 Å². The van der Waals surface area contributed by atoms with Crippen molar-refractivity contribution in [3.8, 4) is 5.75 Å². The molecular formula is C17H13ClF3NO3. The Hall–Kier alpha value is -2.54. The van der Waals surface area contributed by atoms with Gasteiger partial charge in [-0.15, -0.1) is 0 Å². The van der Waals surface area contributed by atoms with Gasteiger partial charge in [0.15, 0.2) is 6.10 Å². The van der Waals surface area contributed by atoms with Crippen molar-refractivity contribution < 1.29 is 27.5 Å². The Morgan fingerprint density at radius 3 is 2.40 bits per heavy atom. The Morgan fingerprint density at radius 1 is 1.20 bits per heavy atom. The van der Waals surface area contributed by atoms with Crippen LogP contribution < -0.4 is 10.1 Å². The molecule has 0 aliphatic carbocycles. The van der Waals surface area contributed by atoms with Crippen LogP contribution in [0.1, 0.15) is 22.8 Å². The summed E-state index contributed by atoms with van der Waals surface area (Å²) >= 11 is 5.83. The highest BCUT2D eigenvalue weighted by Gasteiger charge is 2.31. The van der Waals surface area contributed by atoms with Crippen molar-refractivity contribution in [2.45, 2.75) is 19.2 Å². The minimum Gasteiger partial charge on any atom is -0.481 e. The van der Waals surface area contributed by atoms with Gasteiger partial charge in [-0.25, -0.2) is 0 Å². The van der Waals surface area contributed by atoms with Crippen LogP contribution in [0.3, 0.4) is 0 Å². The molecular weight excluding hydrogens is 359 g/mol. The zero-order valence-electron chi connectivity index (χ0n) is 12.9.